The van der Waals surface area contributed by atoms with Gasteiger partial charge in [-0.2, -0.15) is 0 Å². The number of para-hydroxylation sites is 2. The van der Waals surface area contributed by atoms with E-state index in [1.54, 1.807) is 24.3 Å². The van der Waals surface area contributed by atoms with Crippen molar-refractivity contribution in [3.8, 4) is 11.4 Å². The van der Waals surface area contributed by atoms with E-state index in [1.807, 2.05) is 0 Å². The van der Waals surface area contributed by atoms with Gasteiger partial charge in [-0.1, -0.05) is 12.1 Å². The van der Waals surface area contributed by atoms with Crippen LogP contribution in [-0.2, 0) is 0 Å². The third-order valence-electron chi connectivity index (χ3n) is 4.37. The molecule has 2 aromatic heterocycles. The average molecular weight is 407 g/mol. The molecule has 8 nitrogen and oxygen atoms in total. The molecule has 0 radical (unpaired) electrons. The molecule has 0 bridgehead atoms. The first kappa shape index (κ1) is 19.1. The van der Waals surface area contributed by atoms with E-state index >= 15 is 0 Å². The van der Waals surface area contributed by atoms with Crippen molar-refractivity contribution in [2.24, 2.45) is 0 Å². The summed E-state index contributed by atoms with van der Waals surface area (Å²) >= 11 is 0. The number of benzene rings is 2. The summed E-state index contributed by atoms with van der Waals surface area (Å²) in [5, 5.41) is 10.9. The molecule has 0 aliphatic heterocycles. The highest BCUT2D eigenvalue weighted by Crippen LogP contribution is 2.24. The number of furan rings is 1. The minimum atomic E-state index is -0.648. The predicted octanol–water partition coefficient (Wildman–Crippen LogP) is 4.21. The van der Waals surface area contributed by atoms with Gasteiger partial charge in [-0.05, 0) is 48.6 Å². The van der Waals surface area contributed by atoms with Crippen molar-refractivity contribution < 1.29 is 18.5 Å². The number of halogens is 1. The van der Waals surface area contributed by atoms with Crippen LogP contribution >= 0.6 is 0 Å². The van der Waals surface area contributed by atoms with Crippen LogP contribution in [0.4, 0.5) is 10.3 Å². The molecule has 30 heavy (non-hydrogen) atoms. The van der Waals surface area contributed by atoms with Gasteiger partial charge in [-0.15, -0.1) is 0 Å². The van der Waals surface area contributed by atoms with Crippen molar-refractivity contribution >= 4 is 28.9 Å². The first-order chi connectivity index (χ1) is 14.5. The maximum absolute atomic E-state index is 13.8. The van der Waals surface area contributed by atoms with Crippen LogP contribution in [0.2, 0.25) is 0 Å². The zero-order valence-corrected chi connectivity index (χ0v) is 15.6. The molecule has 0 aliphatic carbocycles. The van der Waals surface area contributed by atoms with E-state index < -0.39 is 22.2 Å². The van der Waals surface area contributed by atoms with Gasteiger partial charge in [0.25, 0.3) is 5.56 Å². The number of methoxy groups -OCH3 is 1. The molecule has 150 valence electrons. The van der Waals surface area contributed by atoms with E-state index in [0.717, 1.165) is 6.07 Å². The minimum absolute atomic E-state index is 0.103. The van der Waals surface area contributed by atoms with E-state index in [0.29, 0.717) is 17.0 Å². The second-order valence-electron chi connectivity index (χ2n) is 6.21. The quantitative estimate of drug-likeness (QED) is 0.363. The van der Waals surface area contributed by atoms with Crippen LogP contribution in [-0.4, -0.2) is 21.6 Å². The van der Waals surface area contributed by atoms with Crippen LogP contribution in [0.15, 0.2) is 63.8 Å². The van der Waals surface area contributed by atoms with Crippen molar-refractivity contribution in [2.45, 2.75) is 0 Å². The van der Waals surface area contributed by atoms with Gasteiger partial charge in [0, 0.05) is 0 Å². The third kappa shape index (κ3) is 3.44. The molecule has 2 aromatic carbocycles. The average Bonchev–Trinajstić information content (AvgIpc) is 3.22. The maximum atomic E-state index is 13.8. The number of hydrogen-bond donors (Lipinski definition) is 0. The molecule has 0 unspecified atom stereocenters. The van der Waals surface area contributed by atoms with Crippen molar-refractivity contribution in [1.82, 2.24) is 9.55 Å². The van der Waals surface area contributed by atoms with E-state index in [4.69, 9.17) is 9.15 Å². The molecule has 4 aromatic rings. The molecular formula is C21H14FN3O5. The fraction of sp³-hybridized carbons (Fsp3) is 0.0476. The molecule has 0 fully saturated rings. The first-order valence-corrected chi connectivity index (χ1v) is 8.76. The maximum Gasteiger partial charge on any atom is 0.433 e. The van der Waals surface area contributed by atoms with E-state index in [-0.39, 0.29) is 17.0 Å². The topological polar surface area (TPSA) is 100 Å². The molecule has 0 saturated heterocycles. The van der Waals surface area contributed by atoms with Crippen LogP contribution in [0.5, 0.6) is 5.75 Å². The molecule has 0 atom stereocenters. The number of hydrogen-bond acceptors (Lipinski definition) is 6. The minimum Gasteiger partial charge on any atom is -0.495 e. The summed E-state index contributed by atoms with van der Waals surface area (Å²) in [4.78, 5) is 27.8. The first-order valence-electron chi connectivity index (χ1n) is 8.76. The SMILES string of the molecule is COc1ccccc1-n1c(/C=C/c2ccc([N+](=O)[O-])o2)nc2ccc(F)cc2c1=O. The van der Waals surface area contributed by atoms with E-state index in [1.165, 1.54) is 48.1 Å². The molecule has 2 heterocycles. The summed E-state index contributed by atoms with van der Waals surface area (Å²) < 4.78 is 25.5. The molecule has 0 amide bonds. The number of fused-ring (bicyclic) bond motifs is 1. The van der Waals surface area contributed by atoms with Crippen LogP contribution < -0.4 is 10.3 Å². The van der Waals surface area contributed by atoms with Crippen LogP contribution in [0.3, 0.4) is 0 Å². The zero-order chi connectivity index (χ0) is 21.3. The molecule has 0 spiro atoms. The number of nitro groups is 1. The summed E-state index contributed by atoms with van der Waals surface area (Å²) in [7, 11) is 1.47. The van der Waals surface area contributed by atoms with Gasteiger partial charge in [-0.25, -0.2) is 9.37 Å². The second kappa shape index (κ2) is 7.63. The Kier molecular flexibility index (Phi) is 4.85. The standard InChI is InChI=1S/C21H14FN3O5/c1-29-18-5-3-2-4-17(18)24-19(10-7-14-8-11-20(30-14)25(27)28)23-16-9-6-13(22)12-15(16)21(24)26/h2-12H,1H3/b10-7+. The Morgan fingerprint density at radius 1 is 1.17 bits per heavy atom. The van der Waals surface area contributed by atoms with Crippen molar-refractivity contribution in [3.05, 3.63) is 92.5 Å². The molecular weight excluding hydrogens is 393 g/mol. The Labute approximate surface area is 168 Å². The highest BCUT2D eigenvalue weighted by molar-refractivity contribution is 5.80. The van der Waals surface area contributed by atoms with Gasteiger partial charge in [0.2, 0.25) is 0 Å². The molecule has 9 heteroatoms. The Morgan fingerprint density at radius 3 is 2.70 bits per heavy atom. The summed E-state index contributed by atoms with van der Waals surface area (Å²) in [5.74, 6) is -0.122. The Bertz CT molecular complexity index is 1360. The van der Waals surface area contributed by atoms with Crippen molar-refractivity contribution in [3.63, 3.8) is 0 Å². The number of aromatic nitrogens is 2. The second-order valence-corrected chi connectivity index (χ2v) is 6.21. The number of nitrogens with zero attached hydrogens (tertiary/aromatic N) is 3. The lowest BCUT2D eigenvalue weighted by molar-refractivity contribution is -0.402. The molecule has 0 aliphatic rings. The highest BCUT2D eigenvalue weighted by atomic mass is 19.1. The Hall–Kier alpha value is -4.27. The monoisotopic (exact) mass is 407 g/mol. The predicted molar refractivity (Wildman–Crippen MR) is 108 cm³/mol. The largest absolute Gasteiger partial charge is 0.495 e. The van der Waals surface area contributed by atoms with Gasteiger partial charge in [0.05, 0.1) is 29.8 Å². The summed E-state index contributed by atoms with van der Waals surface area (Å²) in [6.45, 7) is 0. The molecule has 0 saturated carbocycles. The van der Waals surface area contributed by atoms with Gasteiger partial charge in [0.15, 0.2) is 0 Å². The van der Waals surface area contributed by atoms with Crippen LogP contribution in [0.25, 0.3) is 28.7 Å². The van der Waals surface area contributed by atoms with E-state index in [9.17, 15) is 19.3 Å². The van der Waals surface area contributed by atoms with Crippen LogP contribution in [0.1, 0.15) is 11.6 Å². The lowest BCUT2D eigenvalue weighted by Gasteiger charge is -2.14. The fourth-order valence-electron chi connectivity index (χ4n) is 3.02. The summed E-state index contributed by atoms with van der Waals surface area (Å²) in [6, 6.07) is 13.2. The van der Waals surface area contributed by atoms with Crippen molar-refractivity contribution in [2.75, 3.05) is 7.11 Å². The van der Waals surface area contributed by atoms with Gasteiger partial charge < -0.3 is 9.15 Å². The Balaban J connectivity index is 1.95. The lowest BCUT2D eigenvalue weighted by atomic mass is 10.2. The number of ether oxygens (including phenoxy) is 1. The normalized spacial score (nSPS) is 11.3. The summed E-state index contributed by atoms with van der Waals surface area (Å²) in [6.07, 6.45) is 2.94. The zero-order valence-electron chi connectivity index (χ0n) is 15.6. The van der Waals surface area contributed by atoms with E-state index in [2.05, 4.69) is 4.98 Å². The smallest absolute Gasteiger partial charge is 0.433 e. The lowest BCUT2D eigenvalue weighted by Crippen LogP contribution is -2.23. The molecule has 0 N–H and O–H groups in total. The summed E-state index contributed by atoms with van der Waals surface area (Å²) in [5.41, 5.74) is 0.223. The van der Waals surface area contributed by atoms with Crippen molar-refractivity contribution in [1.29, 1.82) is 0 Å². The molecule has 4 rings (SSSR count). The fourth-order valence-corrected chi connectivity index (χ4v) is 3.02. The van der Waals surface area contributed by atoms with Gasteiger partial charge >= 0.3 is 5.88 Å². The highest BCUT2D eigenvalue weighted by Gasteiger charge is 2.16. The third-order valence-corrected chi connectivity index (χ3v) is 4.37. The Morgan fingerprint density at radius 2 is 1.97 bits per heavy atom. The van der Waals surface area contributed by atoms with Gasteiger partial charge in [0.1, 0.15) is 28.1 Å². The van der Waals surface area contributed by atoms with Crippen LogP contribution in [0, 0.1) is 15.9 Å². The number of rotatable bonds is 5. The van der Waals surface area contributed by atoms with Gasteiger partial charge in [-0.3, -0.25) is 19.5 Å².